The van der Waals surface area contributed by atoms with Crippen LogP contribution in [0.5, 0.6) is 0 Å². The van der Waals surface area contributed by atoms with Crippen LogP contribution in [0.25, 0.3) is 0 Å². The molecule has 0 saturated heterocycles. The molecule has 0 unspecified atom stereocenters. The molecule has 3 rings (SSSR count). The van der Waals surface area contributed by atoms with Gasteiger partial charge in [-0.25, -0.2) is 14.4 Å². The van der Waals surface area contributed by atoms with Gasteiger partial charge in [0.2, 0.25) is 0 Å². The van der Waals surface area contributed by atoms with E-state index in [0.29, 0.717) is 16.7 Å². The molecule has 7 heteroatoms. The average molecular weight is 488 g/mol. The summed E-state index contributed by atoms with van der Waals surface area (Å²) in [7, 11) is 0. The zero-order valence-electron chi connectivity index (χ0n) is 14.7. The van der Waals surface area contributed by atoms with E-state index in [0.717, 1.165) is 0 Å². The Kier molecular flexibility index (Phi) is 12.5. The van der Waals surface area contributed by atoms with Gasteiger partial charge in [0.15, 0.2) is 0 Å². The van der Waals surface area contributed by atoms with E-state index in [9.17, 15) is 14.4 Å². The fourth-order valence-electron chi connectivity index (χ4n) is 1.74. The van der Waals surface area contributed by atoms with Crippen LogP contribution < -0.4 is 0 Å². The van der Waals surface area contributed by atoms with Gasteiger partial charge in [0.1, 0.15) is 0 Å². The first-order valence-electron chi connectivity index (χ1n) is 7.77. The minimum atomic E-state index is -0.879. The van der Waals surface area contributed by atoms with Gasteiger partial charge in [-0.1, -0.05) is 54.6 Å². The Morgan fingerprint density at radius 3 is 0.714 bits per heavy atom. The van der Waals surface area contributed by atoms with Gasteiger partial charge < -0.3 is 15.3 Å². The second-order valence-electron chi connectivity index (χ2n) is 5.01. The largest absolute Gasteiger partial charge is 0.478 e. The summed E-state index contributed by atoms with van der Waals surface area (Å²) in [5.41, 5.74) is 0.993. The van der Waals surface area contributed by atoms with Crippen LogP contribution in [-0.2, 0) is 0 Å². The van der Waals surface area contributed by atoms with Crippen molar-refractivity contribution >= 4 is 42.3 Å². The average Bonchev–Trinajstić information content (AvgIpc) is 2.71. The Morgan fingerprint density at radius 2 is 0.607 bits per heavy atom. The molecule has 6 nitrogen and oxygen atoms in total. The summed E-state index contributed by atoms with van der Waals surface area (Å²) in [6.45, 7) is 0. The summed E-state index contributed by atoms with van der Waals surface area (Å²) < 4.78 is 0. The van der Waals surface area contributed by atoms with Crippen LogP contribution in [0.3, 0.4) is 0 Å². The summed E-state index contributed by atoms with van der Waals surface area (Å²) in [6.07, 6.45) is 0. The third-order valence-electron chi connectivity index (χ3n) is 3.06. The molecule has 3 radical (unpaired) electrons. The van der Waals surface area contributed by atoms with Crippen LogP contribution in [0.1, 0.15) is 31.1 Å². The Morgan fingerprint density at radius 1 is 0.429 bits per heavy atom. The van der Waals surface area contributed by atoms with Crippen molar-refractivity contribution in [2.24, 2.45) is 0 Å². The van der Waals surface area contributed by atoms with Crippen molar-refractivity contribution in [3.8, 4) is 0 Å². The quantitative estimate of drug-likeness (QED) is 0.485. The minimum absolute atomic E-state index is 0. The van der Waals surface area contributed by atoms with Crippen LogP contribution in [-0.4, -0.2) is 57.7 Å². The molecule has 0 atom stereocenters. The summed E-state index contributed by atoms with van der Waals surface area (Å²) in [4.78, 5) is 30.6. The number of hydrogen-bond acceptors (Lipinski definition) is 3. The molecular formula is C21H18O6Sb. The van der Waals surface area contributed by atoms with Crippen LogP contribution >= 0.6 is 0 Å². The number of aromatic carboxylic acids is 3. The molecule has 0 aromatic heterocycles. The zero-order valence-corrected chi connectivity index (χ0v) is 17.2. The van der Waals surface area contributed by atoms with E-state index in [1.54, 1.807) is 91.0 Å². The van der Waals surface area contributed by atoms with Crippen LogP contribution in [0, 0.1) is 0 Å². The van der Waals surface area contributed by atoms with Gasteiger partial charge in [0.25, 0.3) is 0 Å². The molecular weight excluding hydrogens is 470 g/mol. The maximum Gasteiger partial charge on any atom is 0.335 e. The van der Waals surface area contributed by atoms with E-state index < -0.39 is 17.9 Å². The van der Waals surface area contributed by atoms with Crippen molar-refractivity contribution in [2.45, 2.75) is 0 Å². The van der Waals surface area contributed by atoms with E-state index in [-0.39, 0.29) is 24.4 Å². The van der Waals surface area contributed by atoms with Crippen LogP contribution in [0.4, 0.5) is 0 Å². The molecule has 3 aromatic carbocycles. The van der Waals surface area contributed by atoms with Gasteiger partial charge in [0, 0.05) is 24.4 Å². The van der Waals surface area contributed by atoms with Gasteiger partial charge in [-0.3, -0.25) is 0 Å². The molecule has 0 aliphatic rings. The zero-order chi connectivity index (χ0) is 20.1. The van der Waals surface area contributed by atoms with E-state index >= 15 is 0 Å². The number of hydrogen-bond donors (Lipinski definition) is 3. The van der Waals surface area contributed by atoms with Gasteiger partial charge in [-0.15, -0.1) is 0 Å². The van der Waals surface area contributed by atoms with Gasteiger partial charge in [-0.05, 0) is 36.4 Å². The Hall–Kier alpha value is -3.11. The maximum atomic E-state index is 10.2. The SMILES string of the molecule is O=C(O)c1ccccc1.O=C(O)c1ccccc1.O=C(O)c1ccccc1.[Sb]. The van der Waals surface area contributed by atoms with E-state index in [4.69, 9.17) is 15.3 Å². The molecule has 0 aliphatic carbocycles. The molecule has 0 amide bonds. The second-order valence-corrected chi connectivity index (χ2v) is 5.01. The predicted octanol–water partition coefficient (Wildman–Crippen LogP) is 3.77. The van der Waals surface area contributed by atoms with E-state index in [1.165, 1.54) is 0 Å². The van der Waals surface area contributed by atoms with Crippen molar-refractivity contribution in [3.63, 3.8) is 0 Å². The molecule has 3 aromatic rings. The summed E-state index contributed by atoms with van der Waals surface area (Å²) in [6, 6.07) is 24.9. The number of carboxylic acid groups (broad SMARTS) is 3. The van der Waals surface area contributed by atoms with Crippen molar-refractivity contribution in [1.29, 1.82) is 0 Å². The number of benzene rings is 3. The number of carbonyl (C=O) groups is 3. The van der Waals surface area contributed by atoms with Crippen molar-refractivity contribution in [2.75, 3.05) is 0 Å². The van der Waals surface area contributed by atoms with Gasteiger partial charge in [-0.2, -0.15) is 0 Å². The molecule has 0 spiro atoms. The van der Waals surface area contributed by atoms with Crippen LogP contribution in [0.2, 0.25) is 0 Å². The van der Waals surface area contributed by atoms with Gasteiger partial charge >= 0.3 is 17.9 Å². The number of carboxylic acids is 3. The van der Waals surface area contributed by atoms with Crippen molar-refractivity contribution in [3.05, 3.63) is 108 Å². The normalized spacial score (nSPS) is 8.57. The van der Waals surface area contributed by atoms with Crippen LogP contribution in [0.15, 0.2) is 91.0 Å². The minimum Gasteiger partial charge on any atom is -0.478 e. The standard InChI is InChI=1S/3C7H6O2.Sb/c3*8-7(9)6-4-2-1-3-5-6;/h3*1-5H,(H,8,9);. The maximum absolute atomic E-state index is 10.2. The molecule has 0 fully saturated rings. The Labute approximate surface area is 179 Å². The first-order chi connectivity index (χ1) is 12.9. The fourth-order valence-corrected chi connectivity index (χ4v) is 1.74. The third-order valence-corrected chi connectivity index (χ3v) is 3.06. The van der Waals surface area contributed by atoms with Crippen molar-refractivity contribution in [1.82, 2.24) is 0 Å². The first-order valence-corrected chi connectivity index (χ1v) is 7.77. The Bertz CT molecular complexity index is 734. The fraction of sp³-hybridized carbons (Fsp3) is 0. The summed E-state index contributed by atoms with van der Waals surface area (Å²) in [5, 5.41) is 25.2. The molecule has 28 heavy (non-hydrogen) atoms. The third kappa shape index (κ3) is 10.1. The summed E-state index contributed by atoms with van der Waals surface area (Å²) >= 11 is 0. The molecule has 0 aliphatic heterocycles. The van der Waals surface area contributed by atoms with E-state index in [2.05, 4.69) is 0 Å². The molecule has 0 saturated carbocycles. The Balaban J connectivity index is 0.000000384. The molecule has 0 heterocycles. The topological polar surface area (TPSA) is 112 Å². The smallest absolute Gasteiger partial charge is 0.335 e. The predicted molar refractivity (Wildman–Crippen MR) is 106 cm³/mol. The van der Waals surface area contributed by atoms with Gasteiger partial charge in [0.05, 0.1) is 16.7 Å². The van der Waals surface area contributed by atoms with E-state index in [1.807, 2.05) is 0 Å². The monoisotopic (exact) mass is 487 g/mol. The molecule has 0 bridgehead atoms. The second kappa shape index (κ2) is 14.0. The molecule has 3 N–H and O–H groups in total. The summed E-state index contributed by atoms with van der Waals surface area (Å²) in [5.74, 6) is -2.64. The molecule has 143 valence electrons. The van der Waals surface area contributed by atoms with Crippen molar-refractivity contribution < 1.29 is 29.7 Å². The first kappa shape index (κ1) is 24.9. The number of rotatable bonds is 3.